The first-order valence-electron chi connectivity index (χ1n) is 7.09. The van der Waals surface area contributed by atoms with Crippen molar-refractivity contribution in [3.8, 4) is 6.07 Å². The lowest BCUT2D eigenvalue weighted by atomic mass is 10.2. The van der Waals surface area contributed by atoms with Crippen LogP contribution in [0.15, 0.2) is 39.9 Å². The molecule has 0 bridgehead atoms. The third-order valence-electron chi connectivity index (χ3n) is 2.57. The van der Waals surface area contributed by atoms with Crippen LogP contribution >= 0.6 is 11.8 Å². The van der Waals surface area contributed by atoms with Gasteiger partial charge in [0.1, 0.15) is 16.8 Å². The summed E-state index contributed by atoms with van der Waals surface area (Å²) < 4.78 is 34.3. The molecule has 0 radical (unpaired) electrons. The highest BCUT2D eigenvalue weighted by atomic mass is 32.2. The number of thioether (sulfide) groups is 1. The van der Waals surface area contributed by atoms with Gasteiger partial charge in [0.05, 0.1) is 17.9 Å². The molecular formula is C15H21N3O5S2. The molecule has 25 heavy (non-hydrogen) atoms. The zero-order valence-electron chi connectivity index (χ0n) is 13.9. The first-order valence-corrected chi connectivity index (χ1v) is 9.52. The average Bonchev–Trinajstić information content (AvgIpc) is 2.54. The number of nitrogens with zero attached hydrogens (tertiary/aromatic N) is 1. The summed E-state index contributed by atoms with van der Waals surface area (Å²) in [7, 11) is -4.02. The predicted molar refractivity (Wildman–Crippen MR) is 95.7 cm³/mol. The summed E-state index contributed by atoms with van der Waals surface area (Å²) in [5.41, 5.74) is 11.6. The molecule has 0 fully saturated rings. The van der Waals surface area contributed by atoms with Crippen LogP contribution in [0.4, 0.5) is 0 Å². The predicted octanol–water partition coefficient (Wildman–Crippen LogP) is 1.52. The van der Waals surface area contributed by atoms with Crippen molar-refractivity contribution in [2.24, 2.45) is 11.5 Å². The monoisotopic (exact) mass is 387 g/mol. The van der Waals surface area contributed by atoms with Crippen LogP contribution in [0.25, 0.3) is 0 Å². The summed E-state index contributed by atoms with van der Waals surface area (Å²) in [4.78, 5) is 10.8. The quantitative estimate of drug-likeness (QED) is 0.374. The highest BCUT2D eigenvalue weighted by Gasteiger charge is 2.07. The Bertz CT molecular complexity index is 737. The maximum atomic E-state index is 10.9. The van der Waals surface area contributed by atoms with Crippen molar-refractivity contribution < 1.29 is 22.5 Å². The first-order chi connectivity index (χ1) is 11.6. The summed E-state index contributed by atoms with van der Waals surface area (Å²) >= 11 is 1.17. The van der Waals surface area contributed by atoms with Crippen LogP contribution in [0, 0.1) is 18.3 Å². The fourth-order valence-electron chi connectivity index (χ4n) is 1.32. The second-order valence-electron chi connectivity index (χ2n) is 4.58. The lowest BCUT2D eigenvalue weighted by Crippen LogP contribution is -2.08. The van der Waals surface area contributed by atoms with Crippen molar-refractivity contribution in [1.82, 2.24) is 0 Å². The SMILES string of the molecule is CCOC(=O)CCS/C(N)=C(\N)C#N.Cc1ccc(S(=O)(=O)O)cc1. The third kappa shape index (κ3) is 10.3. The Hall–Kier alpha value is -2.22. The van der Waals surface area contributed by atoms with Gasteiger partial charge in [-0.25, -0.2) is 0 Å². The van der Waals surface area contributed by atoms with Gasteiger partial charge in [0.25, 0.3) is 10.1 Å². The van der Waals surface area contributed by atoms with E-state index in [0.717, 1.165) is 5.56 Å². The van der Waals surface area contributed by atoms with Crippen molar-refractivity contribution in [2.75, 3.05) is 12.4 Å². The fraction of sp³-hybridized carbons (Fsp3) is 0.333. The number of carbonyl (C=O) groups is 1. The highest BCUT2D eigenvalue weighted by Crippen LogP contribution is 2.12. The van der Waals surface area contributed by atoms with Gasteiger partial charge < -0.3 is 16.2 Å². The van der Waals surface area contributed by atoms with Gasteiger partial charge >= 0.3 is 5.97 Å². The van der Waals surface area contributed by atoms with Crippen molar-refractivity contribution >= 4 is 27.8 Å². The smallest absolute Gasteiger partial charge is 0.306 e. The average molecular weight is 387 g/mol. The van der Waals surface area contributed by atoms with Gasteiger partial charge in [-0.1, -0.05) is 17.7 Å². The molecule has 1 aromatic carbocycles. The number of benzene rings is 1. The van der Waals surface area contributed by atoms with Gasteiger partial charge in [-0.15, -0.1) is 11.8 Å². The fourth-order valence-corrected chi connectivity index (χ4v) is 2.49. The number of hydrogen-bond acceptors (Lipinski definition) is 8. The number of nitriles is 1. The molecule has 0 saturated carbocycles. The second kappa shape index (κ2) is 11.4. The van der Waals surface area contributed by atoms with Crippen LogP contribution < -0.4 is 11.5 Å². The lowest BCUT2D eigenvalue weighted by molar-refractivity contribution is -0.142. The van der Waals surface area contributed by atoms with E-state index in [1.807, 2.05) is 6.92 Å². The molecule has 0 aliphatic carbocycles. The number of hydrogen-bond donors (Lipinski definition) is 3. The van der Waals surface area contributed by atoms with Crippen LogP contribution in [0.2, 0.25) is 0 Å². The lowest BCUT2D eigenvalue weighted by Gasteiger charge is -2.02. The van der Waals surface area contributed by atoms with E-state index in [9.17, 15) is 13.2 Å². The molecule has 1 aromatic rings. The molecule has 138 valence electrons. The van der Waals surface area contributed by atoms with E-state index in [1.54, 1.807) is 25.1 Å². The summed E-state index contributed by atoms with van der Waals surface area (Å²) in [6, 6.07) is 7.71. The van der Waals surface area contributed by atoms with Crippen LogP contribution in [0.3, 0.4) is 0 Å². The van der Waals surface area contributed by atoms with Gasteiger partial charge in [-0.05, 0) is 26.0 Å². The van der Waals surface area contributed by atoms with Gasteiger partial charge in [0, 0.05) is 5.75 Å². The molecular weight excluding hydrogens is 366 g/mol. The molecule has 10 heteroatoms. The first kappa shape index (κ1) is 22.8. The number of nitrogens with two attached hydrogens (primary N) is 2. The molecule has 0 unspecified atom stereocenters. The maximum Gasteiger partial charge on any atom is 0.306 e. The zero-order chi connectivity index (χ0) is 19.5. The maximum absolute atomic E-state index is 10.9. The van der Waals surface area contributed by atoms with Crippen molar-refractivity contribution in [2.45, 2.75) is 25.2 Å². The van der Waals surface area contributed by atoms with E-state index in [1.165, 1.54) is 23.9 Å². The van der Waals surface area contributed by atoms with E-state index < -0.39 is 10.1 Å². The Morgan fingerprint density at radius 2 is 1.88 bits per heavy atom. The molecule has 5 N–H and O–H groups in total. The zero-order valence-corrected chi connectivity index (χ0v) is 15.6. The van der Waals surface area contributed by atoms with E-state index >= 15 is 0 Å². The van der Waals surface area contributed by atoms with Crippen LogP contribution in [0.1, 0.15) is 18.9 Å². The number of aryl methyl sites for hydroxylation is 1. The summed E-state index contributed by atoms with van der Waals surface area (Å²) in [5, 5.41) is 8.63. The Morgan fingerprint density at radius 1 is 1.32 bits per heavy atom. The Balaban J connectivity index is 0.000000472. The van der Waals surface area contributed by atoms with Crippen molar-refractivity contribution in [3.05, 3.63) is 40.6 Å². The van der Waals surface area contributed by atoms with Gasteiger partial charge in [0.15, 0.2) is 0 Å². The topological polar surface area (TPSA) is 156 Å². The van der Waals surface area contributed by atoms with Gasteiger partial charge in [-0.3, -0.25) is 9.35 Å². The Kier molecular flexibility index (Phi) is 10.3. The minimum Gasteiger partial charge on any atom is -0.466 e. The molecule has 0 amide bonds. The molecule has 0 aliphatic heterocycles. The molecule has 1 rings (SSSR count). The standard InChI is InChI=1S/C8H13N3O2S.C7H8O3S/c1-2-13-7(12)3-4-14-8(11)6(10)5-9;1-6-2-4-7(5-3-6)11(8,9)10/h2-4,10-11H2,1H3;2-5H,1H3,(H,8,9,10)/b8-6-;. The molecule has 0 aromatic heterocycles. The number of carbonyl (C=O) groups excluding carboxylic acids is 1. The molecule has 0 heterocycles. The van der Waals surface area contributed by atoms with E-state index in [2.05, 4.69) is 0 Å². The molecule has 0 atom stereocenters. The van der Waals surface area contributed by atoms with Crippen LogP contribution in [-0.4, -0.2) is 31.3 Å². The van der Waals surface area contributed by atoms with Crippen LogP contribution in [0.5, 0.6) is 0 Å². The van der Waals surface area contributed by atoms with Gasteiger partial charge in [-0.2, -0.15) is 13.7 Å². The Labute approximate surface area is 151 Å². The van der Waals surface area contributed by atoms with E-state index in [-0.39, 0.29) is 28.0 Å². The molecule has 8 nitrogen and oxygen atoms in total. The second-order valence-corrected chi connectivity index (χ2v) is 7.14. The third-order valence-corrected chi connectivity index (χ3v) is 4.38. The summed E-state index contributed by atoms with van der Waals surface area (Å²) in [5.74, 6) is 0.191. The number of ether oxygens (including phenoxy) is 1. The van der Waals surface area contributed by atoms with Crippen molar-refractivity contribution in [3.63, 3.8) is 0 Å². The normalized spacial score (nSPS) is 11.4. The molecule has 0 saturated heterocycles. The molecule has 0 spiro atoms. The number of rotatable bonds is 6. The number of allylic oxidation sites excluding steroid dienone is 1. The minimum absolute atomic E-state index is 0.0149. The van der Waals surface area contributed by atoms with Crippen LogP contribution in [-0.2, 0) is 19.6 Å². The minimum atomic E-state index is -4.02. The molecule has 0 aliphatic rings. The largest absolute Gasteiger partial charge is 0.466 e. The summed E-state index contributed by atoms with van der Waals surface area (Å²) in [6.45, 7) is 3.95. The number of esters is 1. The van der Waals surface area contributed by atoms with Crippen molar-refractivity contribution in [1.29, 1.82) is 5.26 Å². The van der Waals surface area contributed by atoms with Gasteiger partial charge in [0.2, 0.25) is 0 Å². The van der Waals surface area contributed by atoms with E-state index in [4.69, 9.17) is 26.0 Å². The van der Waals surface area contributed by atoms with E-state index in [0.29, 0.717) is 12.4 Å². The highest BCUT2D eigenvalue weighted by molar-refractivity contribution is 8.03. The Morgan fingerprint density at radius 3 is 2.32 bits per heavy atom. The summed E-state index contributed by atoms with van der Waals surface area (Å²) in [6.07, 6.45) is 0.262.